The van der Waals surface area contributed by atoms with Gasteiger partial charge in [0.15, 0.2) is 0 Å². The summed E-state index contributed by atoms with van der Waals surface area (Å²) in [6, 6.07) is 2.71. The highest BCUT2D eigenvalue weighted by Gasteiger charge is 2.27. The Balaban J connectivity index is 2.43. The number of halogens is 1. The van der Waals surface area contributed by atoms with E-state index in [9.17, 15) is 14.3 Å². The molecule has 1 aliphatic rings. The maximum atomic E-state index is 13.7. The summed E-state index contributed by atoms with van der Waals surface area (Å²) in [7, 11) is 0. The van der Waals surface area contributed by atoms with Crippen molar-refractivity contribution >= 4 is 16.9 Å². The Kier molecular flexibility index (Phi) is 3.40. The molecule has 110 valence electrons. The van der Waals surface area contributed by atoms with Crippen molar-refractivity contribution in [3.63, 3.8) is 0 Å². The first-order valence-electron chi connectivity index (χ1n) is 7.38. The Bertz CT molecular complexity index is 739. The van der Waals surface area contributed by atoms with E-state index in [0.717, 1.165) is 30.5 Å². The van der Waals surface area contributed by atoms with Gasteiger partial charge in [0.25, 0.3) is 0 Å². The number of hydrogen-bond donors (Lipinski definition) is 1. The molecule has 1 atom stereocenters. The molecule has 0 fully saturated rings. The second-order valence-electron chi connectivity index (χ2n) is 5.77. The van der Waals surface area contributed by atoms with Crippen LogP contribution >= 0.6 is 0 Å². The minimum absolute atomic E-state index is 0.246. The molecular weight excluding hydrogens is 269 g/mol. The number of aromatic carboxylic acids is 1. The summed E-state index contributed by atoms with van der Waals surface area (Å²) in [4.78, 5) is 16.5. The van der Waals surface area contributed by atoms with Gasteiger partial charge >= 0.3 is 5.97 Å². The normalized spacial score (nSPS) is 17.8. The number of rotatable bonds is 2. The Labute approximate surface area is 122 Å². The number of fused-ring (bicyclic) bond motifs is 2. The SMILES string of the molecule is CCC1CCCc2c1nc1c(C)cc(F)cc1c2C(=O)O. The van der Waals surface area contributed by atoms with Gasteiger partial charge in [-0.2, -0.15) is 0 Å². The second-order valence-corrected chi connectivity index (χ2v) is 5.77. The zero-order valence-electron chi connectivity index (χ0n) is 12.2. The molecule has 0 spiro atoms. The fourth-order valence-electron chi connectivity index (χ4n) is 3.45. The number of nitrogens with zero attached hydrogens (tertiary/aromatic N) is 1. The second kappa shape index (κ2) is 5.10. The lowest BCUT2D eigenvalue weighted by Crippen LogP contribution is -2.17. The third-order valence-corrected chi connectivity index (χ3v) is 4.45. The molecule has 1 N–H and O–H groups in total. The van der Waals surface area contributed by atoms with E-state index < -0.39 is 11.8 Å². The van der Waals surface area contributed by atoms with Gasteiger partial charge in [-0.05, 0) is 55.9 Å². The third-order valence-electron chi connectivity index (χ3n) is 4.45. The minimum Gasteiger partial charge on any atom is -0.478 e. The van der Waals surface area contributed by atoms with Crippen LogP contribution in [0.4, 0.5) is 4.39 Å². The summed E-state index contributed by atoms with van der Waals surface area (Å²) in [5.74, 6) is -1.09. The van der Waals surface area contributed by atoms with Gasteiger partial charge in [-0.1, -0.05) is 6.92 Å². The van der Waals surface area contributed by atoms with Gasteiger partial charge in [0.1, 0.15) is 5.82 Å². The van der Waals surface area contributed by atoms with E-state index in [4.69, 9.17) is 4.98 Å². The first-order valence-corrected chi connectivity index (χ1v) is 7.38. The van der Waals surface area contributed by atoms with Gasteiger partial charge in [-0.25, -0.2) is 9.18 Å². The summed E-state index contributed by atoms with van der Waals surface area (Å²) >= 11 is 0. The molecule has 0 aliphatic heterocycles. The van der Waals surface area contributed by atoms with Crippen LogP contribution in [0, 0.1) is 12.7 Å². The lowest BCUT2D eigenvalue weighted by Gasteiger charge is -2.26. The van der Waals surface area contributed by atoms with Crippen LogP contribution in [0.2, 0.25) is 0 Å². The maximum absolute atomic E-state index is 13.7. The molecule has 0 radical (unpaired) electrons. The molecule has 0 saturated carbocycles. The van der Waals surface area contributed by atoms with Gasteiger partial charge < -0.3 is 5.11 Å². The van der Waals surface area contributed by atoms with Crippen LogP contribution in [0.25, 0.3) is 10.9 Å². The first kappa shape index (κ1) is 14.0. The molecule has 1 aromatic heterocycles. The number of carboxylic acid groups (broad SMARTS) is 1. The van der Waals surface area contributed by atoms with Crippen LogP contribution in [-0.2, 0) is 6.42 Å². The molecule has 1 aromatic carbocycles. The largest absolute Gasteiger partial charge is 0.478 e. The quantitative estimate of drug-likeness (QED) is 0.900. The molecule has 0 saturated heterocycles. The van der Waals surface area contributed by atoms with Gasteiger partial charge in [0.2, 0.25) is 0 Å². The molecule has 0 bridgehead atoms. The van der Waals surface area contributed by atoms with Crippen LogP contribution in [0.5, 0.6) is 0 Å². The highest BCUT2D eigenvalue weighted by atomic mass is 19.1. The fraction of sp³-hybridized carbons (Fsp3) is 0.412. The molecule has 3 nitrogen and oxygen atoms in total. The Morgan fingerprint density at radius 3 is 2.90 bits per heavy atom. The van der Waals surface area contributed by atoms with Crippen molar-refractivity contribution in [3.8, 4) is 0 Å². The van der Waals surface area contributed by atoms with E-state index in [2.05, 4.69) is 6.92 Å². The maximum Gasteiger partial charge on any atom is 0.336 e. The van der Waals surface area contributed by atoms with E-state index in [1.165, 1.54) is 12.1 Å². The van der Waals surface area contributed by atoms with Crippen LogP contribution in [0.3, 0.4) is 0 Å². The highest BCUT2D eigenvalue weighted by molar-refractivity contribution is 6.05. The number of carbonyl (C=O) groups is 1. The van der Waals surface area contributed by atoms with E-state index in [1.807, 2.05) is 0 Å². The Morgan fingerprint density at radius 1 is 1.48 bits per heavy atom. The van der Waals surface area contributed by atoms with Crippen LogP contribution in [0.15, 0.2) is 12.1 Å². The number of benzene rings is 1. The third kappa shape index (κ3) is 2.19. The van der Waals surface area contributed by atoms with Gasteiger partial charge in [-0.3, -0.25) is 4.98 Å². The zero-order chi connectivity index (χ0) is 15.1. The molecule has 1 heterocycles. The summed E-state index contributed by atoms with van der Waals surface area (Å²) in [5.41, 5.74) is 3.26. The summed E-state index contributed by atoms with van der Waals surface area (Å²) in [6.45, 7) is 3.88. The summed E-state index contributed by atoms with van der Waals surface area (Å²) < 4.78 is 13.7. The van der Waals surface area contributed by atoms with Crippen molar-refractivity contribution in [1.82, 2.24) is 4.98 Å². The van der Waals surface area contributed by atoms with Crippen molar-refractivity contribution < 1.29 is 14.3 Å². The van der Waals surface area contributed by atoms with Crippen molar-refractivity contribution in [3.05, 3.63) is 40.3 Å². The molecule has 1 aliphatic carbocycles. The van der Waals surface area contributed by atoms with Crippen molar-refractivity contribution in [1.29, 1.82) is 0 Å². The van der Waals surface area contributed by atoms with E-state index in [0.29, 0.717) is 28.8 Å². The predicted molar refractivity (Wildman–Crippen MR) is 79.4 cm³/mol. The molecule has 2 aromatic rings. The molecule has 3 rings (SSSR count). The molecule has 4 heteroatoms. The standard InChI is InChI=1S/C17H18FNO2/c1-3-10-5-4-6-12-14(17(20)21)13-8-11(18)7-9(2)15(13)19-16(10)12/h7-8,10H,3-6H2,1-2H3,(H,20,21). The average molecular weight is 287 g/mol. The Hall–Kier alpha value is -1.97. The molecular formula is C17H18FNO2. The first-order chi connectivity index (χ1) is 10.0. The lowest BCUT2D eigenvalue weighted by atomic mass is 9.81. The van der Waals surface area contributed by atoms with Crippen LogP contribution < -0.4 is 0 Å². The van der Waals surface area contributed by atoms with E-state index in [-0.39, 0.29) is 5.56 Å². The van der Waals surface area contributed by atoms with Crippen LogP contribution in [0.1, 0.15) is 59.3 Å². The van der Waals surface area contributed by atoms with Gasteiger partial charge in [0.05, 0.1) is 11.1 Å². The number of aromatic nitrogens is 1. The Morgan fingerprint density at radius 2 is 2.24 bits per heavy atom. The van der Waals surface area contributed by atoms with E-state index >= 15 is 0 Å². The van der Waals surface area contributed by atoms with E-state index in [1.54, 1.807) is 6.92 Å². The van der Waals surface area contributed by atoms with Crippen molar-refractivity contribution in [2.24, 2.45) is 0 Å². The zero-order valence-corrected chi connectivity index (χ0v) is 12.2. The molecule has 1 unspecified atom stereocenters. The number of carboxylic acids is 1. The molecule has 0 amide bonds. The monoisotopic (exact) mass is 287 g/mol. The van der Waals surface area contributed by atoms with Crippen molar-refractivity contribution in [2.45, 2.75) is 45.4 Å². The highest BCUT2D eigenvalue weighted by Crippen LogP contribution is 2.37. The predicted octanol–water partition coefficient (Wildman–Crippen LogP) is 4.21. The van der Waals surface area contributed by atoms with Gasteiger partial charge in [-0.15, -0.1) is 0 Å². The minimum atomic E-state index is -0.986. The number of aryl methyl sites for hydroxylation is 1. The molecule has 21 heavy (non-hydrogen) atoms. The number of hydrogen-bond acceptors (Lipinski definition) is 2. The summed E-state index contributed by atoms with van der Waals surface area (Å²) in [6.07, 6.45) is 3.67. The van der Waals surface area contributed by atoms with Crippen molar-refractivity contribution in [2.75, 3.05) is 0 Å². The smallest absolute Gasteiger partial charge is 0.336 e. The fourth-order valence-corrected chi connectivity index (χ4v) is 3.45. The summed E-state index contributed by atoms with van der Waals surface area (Å²) in [5, 5.41) is 10.1. The van der Waals surface area contributed by atoms with Crippen LogP contribution in [-0.4, -0.2) is 16.1 Å². The number of pyridine rings is 1. The average Bonchev–Trinajstić information content (AvgIpc) is 2.44. The van der Waals surface area contributed by atoms with Gasteiger partial charge in [0, 0.05) is 17.0 Å². The topological polar surface area (TPSA) is 50.2 Å². The lowest BCUT2D eigenvalue weighted by molar-refractivity contribution is 0.0697.